The molecule has 4 nitrogen and oxygen atoms in total. The van der Waals surface area contributed by atoms with Crippen molar-refractivity contribution < 1.29 is 9.59 Å². The van der Waals surface area contributed by atoms with Crippen LogP contribution in [0.25, 0.3) is 0 Å². The Morgan fingerprint density at radius 1 is 1.21 bits per heavy atom. The van der Waals surface area contributed by atoms with Crippen LogP contribution in [0.3, 0.4) is 0 Å². The van der Waals surface area contributed by atoms with E-state index < -0.39 is 6.04 Å². The standard InChI is InChI=1S/C15H20N2O2/c1-9(2)14-15(19)17(8-13(18)16-14)12-6-5-10(3)11(4)7-12/h5-7,9,14H,8H2,1-4H3,(H,16,18). The van der Waals surface area contributed by atoms with Crippen molar-refractivity contribution in [3.05, 3.63) is 29.3 Å². The Balaban J connectivity index is 2.34. The van der Waals surface area contributed by atoms with Crippen molar-refractivity contribution in [2.75, 3.05) is 11.4 Å². The zero-order valence-electron chi connectivity index (χ0n) is 11.9. The lowest BCUT2D eigenvalue weighted by molar-refractivity contribution is -0.132. The van der Waals surface area contributed by atoms with Gasteiger partial charge in [0, 0.05) is 5.69 Å². The van der Waals surface area contributed by atoms with E-state index in [2.05, 4.69) is 5.32 Å². The fraction of sp³-hybridized carbons (Fsp3) is 0.467. The second-order valence-corrected chi connectivity index (χ2v) is 5.48. The summed E-state index contributed by atoms with van der Waals surface area (Å²) in [5.41, 5.74) is 3.10. The van der Waals surface area contributed by atoms with Gasteiger partial charge in [0.15, 0.2) is 0 Å². The molecule has 1 unspecified atom stereocenters. The van der Waals surface area contributed by atoms with Gasteiger partial charge < -0.3 is 10.2 Å². The van der Waals surface area contributed by atoms with Crippen molar-refractivity contribution in [3.8, 4) is 0 Å². The maximum atomic E-state index is 12.4. The maximum absolute atomic E-state index is 12.4. The summed E-state index contributed by atoms with van der Waals surface area (Å²) in [7, 11) is 0. The molecule has 1 aromatic carbocycles. The summed E-state index contributed by atoms with van der Waals surface area (Å²) in [6.07, 6.45) is 0. The van der Waals surface area contributed by atoms with Crippen LogP contribution in [0.1, 0.15) is 25.0 Å². The second kappa shape index (κ2) is 5.03. The number of nitrogens with zero attached hydrogens (tertiary/aromatic N) is 1. The lowest BCUT2D eigenvalue weighted by Crippen LogP contribution is -2.60. The number of rotatable bonds is 2. The van der Waals surface area contributed by atoms with Crippen LogP contribution in [-0.2, 0) is 9.59 Å². The predicted octanol–water partition coefficient (Wildman–Crippen LogP) is 1.79. The number of carbonyl (C=O) groups excluding carboxylic acids is 2. The van der Waals surface area contributed by atoms with E-state index in [0.717, 1.165) is 11.3 Å². The highest BCUT2D eigenvalue weighted by Gasteiger charge is 2.35. The fourth-order valence-corrected chi connectivity index (χ4v) is 2.23. The lowest BCUT2D eigenvalue weighted by Gasteiger charge is -2.34. The molecule has 2 amide bonds. The predicted molar refractivity (Wildman–Crippen MR) is 75.0 cm³/mol. The first kappa shape index (κ1) is 13.6. The van der Waals surface area contributed by atoms with Gasteiger partial charge in [-0.15, -0.1) is 0 Å². The first-order valence-corrected chi connectivity index (χ1v) is 6.58. The summed E-state index contributed by atoms with van der Waals surface area (Å²) >= 11 is 0. The summed E-state index contributed by atoms with van der Waals surface area (Å²) < 4.78 is 0. The van der Waals surface area contributed by atoms with Gasteiger partial charge in [-0.05, 0) is 43.0 Å². The van der Waals surface area contributed by atoms with E-state index in [1.165, 1.54) is 5.56 Å². The Morgan fingerprint density at radius 3 is 2.47 bits per heavy atom. The lowest BCUT2D eigenvalue weighted by atomic mass is 10.00. The fourth-order valence-electron chi connectivity index (χ4n) is 2.23. The molecule has 0 radical (unpaired) electrons. The van der Waals surface area contributed by atoms with Gasteiger partial charge in [-0.3, -0.25) is 9.59 Å². The zero-order chi connectivity index (χ0) is 14.2. The van der Waals surface area contributed by atoms with Gasteiger partial charge in [-0.2, -0.15) is 0 Å². The van der Waals surface area contributed by atoms with E-state index in [0.29, 0.717) is 0 Å². The first-order chi connectivity index (χ1) is 8.90. The largest absolute Gasteiger partial charge is 0.342 e. The summed E-state index contributed by atoms with van der Waals surface area (Å²) in [4.78, 5) is 25.8. The summed E-state index contributed by atoms with van der Waals surface area (Å²) in [5.74, 6) is -0.0415. The van der Waals surface area contributed by atoms with E-state index in [1.807, 2.05) is 45.9 Å². The number of piperazine rings is 1. The molecule has 19 heavy (non-hydrogen) atoms. The van der Waals surface area contributed by atoms with Crippen molar-refractivity contribution in [3.63, 3.8) is 0 Å². The van der Waals surface area contributed by atoms with Crippen LogP contribution in [0, 0.1) is 19.8 Å². The van der Waals surface area contributed by atoms with E-state index in [9.17, 15) is 9.59 Å². The summed E-state index contributed by atoms with van der Waals surface area (Å²) in [5, 5.41) is 2.76. The Morgan fingerprint density at radius 2 is 1.89 bits per heavy atom. The molecule has 1 aromatic rings. The minimum Gasteiger partial charge on any atom is -0.342 e. The Hall–Kier alpha value is -1.84. The van der Waals surface area contributed by atoms with Gasteiger partial charge in [-0.25, -0.2) is 0 Å². The first-order valence-electron chi connectivity index (χ1n) is 6.58. The molecule has 1 aliphatic heterocycles. The number of amides is 2. The van der Waals surface area contributed by atoms with Crippen LogP contribution in [0.5, 0.6) is 0 Å². The molecule has 0 spiro atoms. The van der Waals surface area contributed by atoms with Crippen LogP contribution in [0.4, 0.5) is 5.69 Å². The molecule has 4 heteroatoms. The number of benzene rings is 1. The highest BCUT2D eigenvalue weighted by molar-refractivity contribution is 6.06. The van der Waals surface area contributed by atoms with Crippen molar-refractivity contribution in [1.82, 2.24) is 5.32 Å². The summed E-state index contributed by atoms with van der Waals surface area (Å²) in [6.45, 7) is 8.01. The van der Waals surface area contributed by atoms with Crippen molar-refractivity contribution in [1.29, 1.82) is 0 Å². The Kier molecular flexibility index (Phi) is 3.60. The SMILES string of the molecule is Cc1ccc(N2CC(=O)NC(C(C)C)C2=O)cc1C. The molecular formula is C15H20N2O2. The number of aryl methyl sites for hydroxylation is 2. The number of carbonyl (C=O) groups is 2. The van der Waals surface area contributed by atoms with Crippen LogP contribution >= 0.6 is 0 Å². The third-order valence-corrected chi connectivity index (χ3v) is 3.62. The molecule has 1 fully saturated rings. The van der Waals surface area contributed by atoms with Gasteiger partial charge in [-0.1, -0.05) is 19.9 Å². The Labute approximate surface area is 113 Å². The van der Waals surface area contributed by atoms with E-state index >= 15 is 0 Å². The average Bonchev–Trinajstić information content (AvgIpc) is 2.35. The van der Waals surface area contributed by atoms with Crippen LogP contribution in [0.15, 0.2) is 18.2 Å². The normalized spacial score (nSPS) is 19.8. The molecular weight excluding hydrogens is 240 g/mol. The third kappa shape index (κ3) is 2.62. The smallest absolute Gasteiger partial charge is 0.250 e. The molecule has 1 saturated heterocycles. The maximum Gasteiger partial charge on any atom is 0.250 e. The van der Waals surface area contributed by atoms with Crippen LogP contribution in [-0.4, -0.2) is 24.4 Å². The molecule has 1 N–H and O–H groups in total. The highest BCUT2D eigenvalue weighted by atomic mass is 16.2. The molecule has 102 valence electrons. The van der Waals surface area contributed by atoms with Crippen LogP contribution in [0.2, 0.25) is 0 Å². The topological polar surface area (TPSA) is 49.4 Å². The molecule has 0 aromatic heterocycles. The van der Waals surface area contributed by atoms with E-state index in [1.54, 1.807) is 4.90 Å². The minimum absolute atomic E-state index is 0.0298. The third-order valence-electron chi connectivity index (χ3n) is 3.62. The van der Waals surface area contributed by atoms with Crippen LogP contribution < -0.4 is 10.2 Å². The summed E-state index contributed by atoms with van der Waals surface area (Å²) in [6, 6.07) is 5.41. The van der Waals surface area contributed by atoms with Crippen molar-refractivity contribution in [2.24, 2.45) is 5.92 Å². The molecule has 1 atom stereocenters. The van der Waals surface area contributed by atoms with Gasteiger partial charge in [0.2, 0.25) is 11.8 Å². The van der Waals surface area contributed by atoms with E-state index in [-0.39, 0.29) is 24.3 Å². The van der Waals surface area contributed by atoms with E-state index in [4.69, 9.17) is 0 Å². The van der Waals surface area contributed by atoms with Gasteiger partial charge in [0.25, 0.3) is 0 Å². The number of anilines is 1. The quantitative estimate of drug-likeness (QED) is 0.881. The van der Waals surface area contributed by atoms with Gasteiger partial charge >= 0.3 is 0 Å². The molecule has 1 heterocycles. The average molecular weight is 260 g/mol. The van der Waals surface area contributed by atoms with Gasteiger partial charge in [0.1, 0.15) is 12.6 Å². The van der Waals surface area contributed by atoms with Crippen molar-refractivity contribution in [2.45, 2.75) is 33.7 Å². The monoisotopic (exact) mass is 260 g/mol. The zero-order valence-corrected chi connectivity index (χ0v) is 11.9. The second-order valence-electron chi connectivity index (χ2n) is 5.48. The molecule has 0 bridgehead atoms. The van der Waals surface area contributed by atoms with Crippen molar-refractivity contribution >= 4 is 17.5 Å². The highest BCUT2D eigenvalue weighted by Crippen LogP contribution is 2.22. The van der Waals surface area contributed by atoms with Gasteiger partial charge in [0.05, 0.1) is 0 Å². The Bertz CT molecular complexity index is 523. The minimum atomic E-state index is -0.428. The molecule has 1 aliphatic rings. The number of nitrogens with one attached hydrogen (secondary N) is 1. The molecule has 0 aliphatic carbocycles. The molecule has 0 saturated carbocycles. The molecule has 2 rings (SSSR count). The number of hydrogen-bond acceptors (Lipinski definition) is 2. The number of hydrogen-bond donors (Lipinski definition) is 1.